The molecule has 0 amide bonds. The summed E-state index contributed by atoms with van der Waals surface area (Å²) in [7, 11) is 0. The molecule has 0 bridgehead atoms. The van der Waals surface area contributed by atoms with Gasteiger partial charge in [0.05, 0.1) is 5.52 Å². The van der Waals surface area contributed by atoms with Crippen LogP contribution in [0.5, 0.6) is 5.75 Å². The molecule has 0 atom stereocenters. The van der Waals surface area contributed by atoms with Gasteiger partial charge in [-0.3, -0.25) is 0 Å². The van der Waals surface area contributed by atoms with Crippen LogP contribution in [0.3, 0.4) is 0 Å². The molecule has 0 N–H and O–H groups in total. The van der Waals surface area contributed by atoms with E-state index in [-0.39, 0.29) is 5.75 Å². The van der Waals surface area contributed by atoms with Gasteiger partial charge in [-0.05, 0) is 36.4 Å². The molecule has 3 rings (SSSR count). The molecule has 0 fully saturated rings. The maximum Gasteiger partial charge on any atom is 0.387 e. The Hall–Kier alpha value is -2.27. The molecule has 21 heavy (non-hydrogen) atoms. The van der Waals surface area contributed by atoms with Gasteiger partial charge in [0, 0.05) is 10.9 Å². The van der Waals surface area contributed by atoms with Crippen LogP contribution in [0.4, 0.5) is 8.78 Å². The van der Waals surface area contributed by atoms with Crippen molar-refractivity contribution in [3.63, 3.8) is 0 Å². The quantitative estimate of drug-likeness (QED) is 0.666. The van der Waals surface area contributed by atoms with Gasteiger partial charge in [-0.1, -0.05) is 23.7 Å². The van der Waals surface area contributed by atoms with Crippen LogP contribution < -0.4 is 4.74 Å². The highest BCUT2D eigenvalue weighted by Crippen LogP contribution is 2.26. The predicted octanol–water partition coefficient (Wildman–Crippen LogP) is 4.55. The summed E-state index contributed by atoms with van der Waals surface area (Å²) in [6.07, 6.45) is 0. The molecule has 106 valence electrons. The Labute approximate surface area is 124 Å². The summed E-state index contributed by atoms with van der Waals surface area (Å²) in [4.78, 5) is 8.64. The van der Waals surface area contributed by atoms with Crippen LogP contribution in [-0.4, -0.2) is 16.6 Å². The van der Waals surface area contributed by atoms with Gasteiger partial charge < -0.3 is 4.74 Å². The maximum atomic E-state index is 12.1. The van der Waals surface area contributed by atoms with Gasteiger partial charge in [-0.15, -0.1) is 0 Å². The van der Waals surface area contributed by atoms with E-state index >= 15 is 0 Å². The molecule has 0 spiro atoms. The summed E-state index contributed by atoms with van der Waals surface area (Å²) in [5.41, 5.74) is 1.39. The third-order valence-corrected chi connectivity index (χ3v) is 3.18. The van der Waals surface area contributed by atoms with E-state index in [2.05, 4.69) is 14.7 Å². The predicted molar refractivity (Wildman–Crippen MR) is 76.6 cm³/mol. The first kappa shape index (κ1) is 13.7. The summed E-state index contributed by atoms with van der Waals surface area (Å²) in [5.74, 6) is 0.517. The molecule has 3 nitrogen and oxygen atoms in total. The van der Waals surface area contributed by atoms with E-state index in [4.69, 9.17) is 11.6 Å². The van der Waals surface area contributed by atoms with Gasteiger partial charge in [0.25, 0.3) is 0 Å². The first-order valence-corrected chi connectivity index (χ1v) is 6.49. The molecule has 0 radical (unpaired) electrons. The summed E-state index contributed by atoms with van der Waals surface area (Å²) in [6, 6.07) is 13.5. The lowest BCUT2D eigenvalue weighted by molar-refractivity contribution is -0.0498. The number of halogens is 3. The number of nitrogens with zero attached hydrogens (tertiary/aromatic N) is 2. The number of hydrogen-bond donors (Lipinski definition) is 0. The highest BCUT2D eigenvalue weighted by molar-refractivity contribution is 6.34. The molecule has 0 aliphatic heterocycles. The summed E-state index contributed by atoms with van der Waals surface area (Å²) < 4.78 is 28.5. The fourth-order valence-electron chi connectivity index (χ4n) is 1.95. The van der Waals surface area contributed by atoms with E-state index in [0.717, 1.165) is 10.9 Å². The van der Waals surface area contributed by atoms with Crippen molar-refractivity contribution in [2.75, 3.05) is 0 Å². The molecule has 0 saturated heterocycles. The van der Waals surface area contributed by atoms with Crippen molar-refractivity contribution in [3.05, 3.63) is 53.7 Å². The van der Waals surface area contributed by atoms with Crippen molar-refractivity contribution in [3.8, 4) is 17.1 Å². The molecule has 1 aromatic heterocycles. The Morgan fingerprint density at radius 3 is 2.38 bits per heavy atom. The van der Waals surface area contributed by atoms with Crippen LogP contribution in [0.2, 0.25) is 5.15 Å². The van der Waals surface area contributed by atoms with Crippen molar-refractivity contribution in [1.29, 1.82) is 0 Å². The second-order valence-corrected chi connectivity index (χ2v) is 4.62. The molecule has 0 aliphatic rings. The summed E-state index contributed by atoms with van der Waals surface area (Å²) in [5, 5.41) is 1.11. The Kier molecular flexibility index (Phi) is 3.66. The minimum Gasteiger partial charge on any atom is -0.435 e. The van der Waals surface area contributed by atoms with Gasteiger partial charge >= 0.3 is 6.61 Å². The van der Waals surface area contributed by atoms with Crippen LogP contribution in [0, 0.1) is 0 Å². The standard InChI is InChI=1S/C15H9ClF2N2O/c16-13-11-3-1-2-4-12(11)19-14(20-13)9-5-7-10(8-6-9)21-15(17)18/h1-8,15H. The summed E-state index contributed by atoms with van der Waals surface area (Å²) in [6.45, 7) is -2.85. The Balaban J connectivity index is 2.00. The summed E-state index contributed by atoms with van der Waals surface area (Å²) >= 11 is 6.14. The minimum absolute atomic E-state index is 0.0839. The lowest BCUT2D eigenvalue weighted by atomic mass is 10.2. The number of fused-ring (bicyclic) bond motifs is 1. The SMILES string of the molecule is FC(F)Oc1ccc(-c2nc(Cl)c3ccccc3n2)cc1. The topological polar surface area (TPSA) is 35.0 Å². The smallest absolute Gasteiger partial charge is 0.387 e. The van der Waals surface area contributed by atoms with Crippen molar-refractivity contribution in [2.24, 2.45) is 0 Å². The van der Waals surface area contributed by atoms with Gasteiger partial charge in [-0.25, -0.2) is 9.97 Å². The van der Waals surface area contributed by atoms with Gasteiger partial charge in [-0.2, -0.15) is 8.78 Å². The Morgan fingerprint density at radius 1 is 0.952 bits per heavy atom. The molecular weight excluding hydrogens is 298 g/mol. The lowest BCUT2D eigenvalue weighted by Crippen LogP contribution is -2.01. The fraction of sp³-hybridized carbons (Fsp3) is 0.0667. The zero-order valence-electron chi connectivity index (χ0n) is 10.6. The number of alkyl halides is 2. The Bertz CT molecular complexity index is 778. The largest absolute Gasteiger partial charge is 0.435 e. The molecule has 6 heteroatoms. The third kappa shape index (κ3) is 2.92. The zero-order valence-corrected chi connectivity index (χ0v) is 11.4. The highest BCUT2D eigenvalue weighted by Gasteiger charge is 2.09. The number of aromatic nitrogens is 2. The van der Waals surface area contributed by atoms with Crippen molar-refractivity contribution < 1.29 is 13.5 Å². The zero-order chi connectivity index (χ0) is 14.8. The van der Waals surface area contributed by atoms with Crippen LogP contribution in [0.15, 0.2) is 48.5 Å². The molecule has 2 aromatic carbocycles. The van der Waals surface area contributed by atoms with Crippen LogP contribution >= 0.6 is 11.6 Å². The second kappa shape index (κ2) is 5.61. The number of ether oxygens (including phenoxy) is 1. The average Bonchev–Trinajstić information content (AvgIpc) is 2.47. The van der Waals surface area contributed by atoms with Crippen LogP contribution in [0.25, 0.3) is 22.3 Å². The molecule has 3 aromatic rings. The van der Waals surface area contributed by atoms with Crippen LogP contribution in [0.1, 0.15) is 0 Å². The first-order valence-electron chi connectivity index (χ1n) is 6.11. The highest BCUT2D eigenvalue weighted by atomic mass is 35.5. The first-order chi connectivity index (χ1) is 10.1. The van der Waals surface area contributed by atoms with E-state index in [0.29, 0.717) is 16.5 Å². The monoisotopic (exact) mass is 306 g/mol. The third-order valence-electron chi connectivity index (χ3n) is 2.89. The fourth-order valence-corrected chi connectivity index (χ4v) is 2.19. The van der Waals surface area contributed by atoms with E-state index in [1.165, 1.54) is 12.1 Å². The maximum absolute atomic E-state index is 12.1. The van der Waals surface area contributed by atoms with Gasteiger partial charge in [0.1, 0.15) is 10.9 Å². The number of rotatable bonds is 3. The van der Waals surface area contributed by atoms with E-state index < -0.39 is 6.61 Å². The van der Waals surface area contributed by atoms with Crippen molar-refractivity contribution in [1.82, 2.24) is 9.97 Å². The average molecular weight is 307 g/mol. The molecule has 0 aliphatic carbocycles. The number of benzene rings is 2. The van der Waals surface area contributed by atoms with Gasteiger partial charge in [0.2, 0.25) is 0 Å². The van der Waals surface area contributed by atoms with Crippen molar-refractivity contribution in [2.45, 2.75) is 6.61 Å². The molecule has 0 saturated carbocycles. The second-order valence-electron chi connectivity index (χ2n) is 4.26. The Morgan fingerprint density at radius 2 is 1.67 bits per heavy atom. The number of para-hydroxylation sites is 1. The van der Waals surface area contributed by atoms with E-state index in [1.54, 1.807) is 12.1 Å². The molecule has 1 heterocycles. The minimum atomic E-state index is -2.85. The van der Waals surface area contributed by atoms with Crippen LogP contribution in [-0.2, 0) is 0 Å². The lowest BCUT2D eigenvalue weighted by Gasteiger charge is -2.06. The van der Waals surface area contributed by atoms with Gasteiger partial charge in [0.15, 0.2) is 5.82 Å². The van der Waals surface area contributed by atoms with E-state index in [9.17, 15) is 8.78 Å². The molecule has 0 unspecified atom stereocenters. The van der Waals surface area contributed by atoms with Crippen molar-refractivity contribution >= 4 is 22.5 Å². The normalized spacial score (nSPS) is 11.0. The van der Waals surface area contributed by atoms with E-state index in [1.807, 2.05) is 24.3 Å². The molecular formula is C15H9ClF2N2O. The number of hydrogen-bond acceptors (Lipinski definition) is 3.